The van der Waals surface area contributed by atoms with Gasteiger partial charge >= 0.3 is 0 Å². The topological polar surface area (TPSA) is 96.0 Å². The Morgan fingerprint density at radius 2 is 1.60 bits per heavy atom. The molecule has 0 bridgehead atoms. The van der Waals surface area contributed by atoms with E-state index in [2.05, 4.69) is 5.32 Å². The van der Waals surface area contributed by atoms with Crippen LogP contribution in [0, 0.1) is 13.8 Å². The zero-order valence-electron chi connectivity index (χ0n) is 23.5. The molecule has 0 radical (unpaired) electrons. The van der Waals surface area contributed by atoms with E-state index < -0.39 is 28.5 Å². The van der Waals surface area contributed by atoms with Crippen LogP contribution in [0.3, 0.4) is 0 Å². The summed E-state index contributed by atoms with van der Waals surface area (Å²) in [5.41, 5.74) is 2.66. The Bertz CT molecular complexity index is 1430. The Balaban J connectivity index is 2.08. The molecule has 1 N–H and O–H groups in total. The number of carbonyl (C=O) groups is 2. The molecule has 3 aromatic rings. The van der Waals surface area contributed by atoms with E-state index in [0.717, 1.165) is 27.4 Å². The average Bonchev–Trinajstić information content (AvgIpc) is 2.93. The molecule has 3 rings (SSSR count). The van der Waals surface area contributed by atoms with E-state index in [1.54, 1.807) is 61.5 Å². The van der Waals surface area contributed by atoms with E-state index in [1.165, 1.54) is 24.1 Å². The zero-order valence-corrected chi connectivity index (χ0v) is 25.1. The van der Waals surface area contributed by atoms with Crippen molar-refractivity contribution in [1.82, 2.24) is 10.2 Å². The largest absolute Gasteiger partial charge is 0.495 e. The van der Waals surface area contributed by atoms with Crippen LogP contribution >= 0.6 is 11.6 Å². The minimum atomic E-state index is -4.20. The van der Waals surface area contributed by atoms with Gasteiger partial charge in [-0.1, -0.05) is 54.4 Å². The van der Waals surface area contributed by atoms with Crippen molar-refractivity contribution in [3.8, 4) is 5.75 Å². The molecule has 3 aromatic carbocycles. The van der Waals surface area contributed by atoms with Gasteiger partial charge in [-0.3, -0.25) is 13.9 Å². The molecule has 1 unspecified atom stereocenters. The minimum Gasteiger partial charge on any atom is -0.495 e. The number of benzene rings is 3. The number of carbonyl (C=O) groups excluding carboxylic acids is 2. The minimum absolute atomic E-state index is 0.0347. The molecule has 40 heavy (non-hydrogen) atoms. The third kappa shape index (κ3) is 7.55. The summed E-state index contributed by atoms with van der Waals surface area (Å²) in [6.07, 6.45) is 0.735. The van der Waals surface area contributed by atoms with E-state index in [1.807, 2.05) is 20.8 Å². The lowest BCUT2D eigenvalue weighted by molar-refractivity contribution is -0.139. The van der Waals surface area contributed by atoms with Gasteiger partial charge < -0.3 is 15.0 Å². The fourth-order valence-electron chi connectivity index (χ4n) is 4.11. The lowest BCUT2D eigenvalue weighted by atomic mass is 10.1. The standard InChI is InChI=1S/C30H36ClN3O5S/c1-6-17-32-30(36)23(4)33(19-24-10-12-25(31)13-11-24)29(35)20-34(27-18-22(3)9-16-28(27)39-5)40(37,38)26-14-7-21(2)8-15-26/h7-16,18,23H,6,17,19-20H2,1-5H3,(H,32,36). The summed E-state index contributed by atoms with van der Waals surface area (Å²) in [6.45, 7) is 7.25. The van der Waals surface area contributed by atoms with Gasteiger partial charge in [0.2, 0.25) is 11.8 Å². The normalized spacial score (nSPS) is 11.9. The van der Waals surface area contributed by atoms with Gasteiger partial charge in [0.25, 0.3) is 10.0 Å². The fourth-order valence-corrected chi connectivity index (χ4v) is 5.65. The Morgan fingerprint density at radius 1 is 0.975 bits per heavy atom. The van der Waals surface area contributed by atoms with Crippen molar-refractivity contribution >= 4 is 39.1 Å². The summed E-state index contributed by atoms with van der Waals surface area (Å²) in [7, 11) is -2.76. The second kappa shape index (κ2) is 13.7. The molecule has 8 nitrogen and oxygen atoms in total. The average molecular weight is 586 g/mol. The molecule has 10 heteroatoms. The molecule has 0 saturated carbocycles. The molecule has 0 aliphatic carbocycles. The molecule has 1 atom stereocenters. The second-order valence-corrected chi connectivity index (χ2v) is 11.9. The van der Waals surface area contributed by atoms with Crippen molar-refractivity contribution in [2.24, 2.45) is 0 Å². The monoisotopic (exact) mass is 585 g/mol. The highest BCUT2D eigenvalue weighted by Gasteiger charge is 2.33. The number of rotatable bonds is 12. The highest BCUT2D eigenvalue weighted by Crippen LogP contribution is 2.34. The smallest absolute Gasteiger partial charge is 0.264 e. The maximum atomic E-state index is 14.0. The Labute approximate surface area is 241 Å². The zero-order chi connectivity index (χ0) is 29.4. The third-order valence-corrected chi connectivity index (χ3v) is 8.50. The molecule has 0 aliphatic rings. The van der Waals surface area contributed by atoms with Gasteiger partial charge in [-0.15, -0.1) is 0 Å². The lowest BCUT2D eigenvalue weighted by Crippen LogP contribution is -2.51. The number of ether oxygens (including phenoxy) is 1. The number of nitrogens with zero attached hydrogens (tertiary/aromatic N) is 2. The van der Waals surface area contributed by atoms with E-state index in [9.17, 15) is 18.0 Å². The van der Waals surface area contributed by atoms with Crippen molar-refractivity contribution in [1.29, 1.82) is 0 Å². The summed E-state index contributed by atoms with van der Waals surface area (Å²) in [5.74, 6) is -0.578. The van der Waals surface area contributed by atoms with Crippen LogP contribution in [-0.2, 0) is 26.2 Å². The van der Waals surface area contributed by atoms with Crippen LogP contribution < -0.4 is 14.4 Å². The van der Waals surface area contributed by atoms with Gasteiger partial charge in [0.15, 0.2) is 0 Å². The van der Waals surface area contributed by atoms with Gasteiger partial charge in [-0.25, -0.2) is 8.42 Å². The maximum absolute atomic E-state index is 14.0. The number of aryl methyl sites for hydroxylation is 2. The first-order chi connectivity index (χ1) is 19.0. The number of hydrogen-bond donors (Lipinski definition) is 1. The Morgan fingerprint density at radius 3 is 2.20 bits per heavy atom. The van der Waals surface area contributed by atoms with Crippen LogP contribution in [0.2, 0.25) is 5.02 Å². The van der Waals surface area contributed by atoms with Gasteiger partial charge in [0.1, 0.15) is 18.3 Å². The van der Waals surface area contributed by atoms with E-state index >= 15 is 0 Å². The van der Waals surface area contributed by atoms with Gasteiger partial charge in [0.05, 0.1) is 17.7 Å². The number of methoxy groups -OCH3 is 1. The second-order valence-electron chi connectivity index (χ2n) is 9.62. The van der Waals surface area contributed by atoms with Crippen LogP contribution in [0.25, 0.3) is 0 Å². The number of nitrogens with one attached hydrogen (secondary N) is 1. The molecular formula is C30H36ClN3O5S. The van der Waals surface area contributed by atoms with Crippen molar-refractivity contribution in [2.75, 3.05) is 24.5 Å². The van der Waals surface area contributed by atoms with E-state index in [0.29, 0.717) is 17.3 Å². The van der Waals surface area contributed by atoms with Crippen molar-refractivity contribution in [3.05, 3.63) is 88.4 Å². The maximum Gasteiger partial charge on any atom is 0.264 e. The van der Waals surface area contributed by atoms with Crippen LogP contribution in [0.4, 0.5) is 5.69 Å². The van der Waals surface area contributed by atoms with E-state index in [-0.39, 0.29) is 23.0 Å². The molecule has 214 valence electrons. The summed E-state index contributed by atoms with van der Waals surface area (Å²) in [5, 5.41) is 3.37. The molecule has 2 amide bonds. The van der Waals surface area contributed by atoms with Crippen molar-refractivity contribution in [2.45, 2.75) is 51.6 Å². The lowest BCUT2D eigenvalue weighted by Gasteiger charge is -2.32. The highest BCUT2D eigenvalue weighted by molar-refractivity contribution is 7.92. The highest BCUT2D eigenvalue weighted by atomic mass is 35.5. The van der Waals surface area contributed by atoms with Gasteiger partial charge in [0, 0.05) is 18.1 Å². The summed E-state index contributed by atoms with van der Waals surface area (Å²) >= 11 is 6.05. The summed E-state index contributed by atoms with van der Waals surface area (Å²) in [6, 6.07) is 17.6. The predicted molar refractivity (Wildman–Crippen MR) is 158 cm³/mol. The predicted octanol–water partition coefficient (Wildman–Crippen LogP) is 5.10. The van der Waals surface area contributed by atoms with Gasteiger partial charge in [-0.2, -0.15) is 0 Å². The Hall–Kier alpha value is -3.56. The number of sulfonamides is 1. The van der Waals surface area contributed by atoms with E-state index in [4.69, 9.17) is 16.3 Å². The molecule has 0 spiro atoms. The number of halogens is 1. The SMILES string of the molecule is CCCNC(=O)C(C)N(Cc1ccc(Cl)cc1)C(=O)CN(c1cc(C)ccc1OC)S(=O)(=O)c1ccc(C)cc1. The van der Waals surface area contributed by atoms with Crippen LogP contribution in [-0.4, -0.2) is 51.4 Å². The summed E-state index contributed by atoms with van der Waals surface area (Å²) < 4.78 is 34.6. The molecule has 0 aliphatic heterocycles. The van der Waals surface area contributed by atoms with Gasteiger partial charge in [-0.05, 0) is 74.7 Å². The molecule has 0 fully saturated rings. The first-order valence-corrected chi connectivity index (χ1v) is 14.9. The van der Waals surface area contributed by atoms with Crippen LogP contribution in [0.15, 0.2) is 71.6 Å². The molecule has 0 saturated heterocycles. The van der Waals surface area contributed by atoms with Crippen molar-refractivity contribution in [3.63, 3.8) is 0 Å². The fraction of sp³-hybridized carbons (Fsp3) is 0.333. The van der Waals surface area contributed by atoms with Crippen LogP contribution in [0.1, 0.15) is 37.0 Å². The molecule has 0 aromatic heterocycles. The number of amides is 2. The first-order valence-electron chi connectivity index (χ1n) is 13.0. The third-order valence-electron chi connectivity index (χ3n) is 6.47. The summed E-state index contributed by atoms with van der Waals surface area (Å²) in [4.78, 5) is 28.4. The first kappa shape index (κ1) is 31.0. The number of anilines is 1. The van der Waals surface area contributed by atoms with Crippen LogP contribution in [0.5, 0.6) is 5.75 Å². The number of hydrogen-bond acceptors (Lipinski definition) is 5. The van der Waals surface area contributed by atoms with Crippen molar-refractivity contribution < 1.29 is 22.7 Å². The quantitative estimate of drug-likeness (QED) is 0.319. The molecule has 0 heterocycles. The molecular weight excluding hydrogens is 550 g/mol. The Kier molecular flexibility index (Phi) is 10.6.